The number of amides is 5. The molecule has 4 saturated carbocycles. The lowest BCUT2D eigenvalue weighted by molar-refractivity contribution is -0.136. The maximum Gasteiger partial charge on any atom is 0.264 e. The summed E-state index contributed by atoms with van der Waals surface area (Å²) in [4.78, 5) is 63.7. The van der Waals surface area contributed by atoms with Gasteiger partial charge in [0, 0.05) is 30.6 Å². The Hall–Kier alpha value is -3.23. The quantitative estimate of drug-likeness (QED) is 0.312. The number of nitrogens with zero attached hydrogens (tertiary/aromatic N) is 1. The van der Waals surface area contributed by atoms with Crippen LogP contribution in [0.3, 0.4) is 0 Å². The third-order valence-corrected chi connectivity index (χ3v) is 9.56. The summed E-state index contributed by atoms with van der Waals surface area (Å²) in [5.74, 6) is 0.674. The Balaban J connectivity index is 0.940. The highest BCUT2D eigenvalue weighted by molar-refractivity contribution is 6.25. The van der Waals surface area contributed by atoms with Crippen molar-refractivity contribution in [3.8, 4) is 0 Å². The molecule has 7 rings (SSSR count). The van der Waals surface area contributed by atoms with Crippen LogP contribution in [0.2, 0.25) is 0 Å². The summed E-state index contributed by atoms with van der Waals surface area (Å²) in [6.45, 7) is 0.635. The number of hydrogen-bond donors (Lipinski definition) is 3. The molecule has 0 spiro atoms. The zero-order valence-electron chi connectivity index (χ0n) is 22.4. The maximum absolute atomic E-state index is 13.2. The van der Waals surface area contributed by atoms with Gasteiger partial charge in [0.15, 0.2) is 0 Å². The van der Waals surface area contributed by atoms with Crippen LogP contribution in [0.25, 0.3) is 0 Å². The van der Waals surface area contributed by atoms with Gasteiger partial charge < -0.3 is 10.6 Å². The van der Waals surface area contributed by atoms with Gasteiger partial charge in [-0.3, -0.25) is 34.2 Å². The SMILES string of the molecule is O=C1CCC(N2C(=O)c3cccc(NCCCCCCC(=O)NC45CC6CC(CC(C6)C4)C5)c3C2=O)C(=O)N1. The molecule has 1 atom stereocenters. The summed E-state index contributed by atoms with van der Waals surface area (Å²) in [6, 6.07) is 4.12. The zero-order chi connectivity index (χ0) is 27.1. The van der Waals surface area contributed by atoms with E-state index in [0.29, 0.717) is 18.7 Å². The Labute approximate surface area is 228 Å². The minimum Gasteiger partial charge on any atom is -0.384 e. The second-order valence-electron chi connectivity index (χ2n) is 12.5. The average Bonchev–Trinajstić information content (AvgIpc) is 3.13. The summed E-state index contributed by atoms with van der Waals surface area (Å²) < 4.78 is 0. The van der Waals surface area contributed by atoms with E-state index in [1.807, 2.05) is 0 Å². The molecule has 1 saturated heterocycles. The van der Waals surface area contributed by atoms with E-state index >= 15 is 0 Å². The third-order valence-electron chi connectivity index (χ3n) is 9.56. The van der Waals surface area contributed by atoms with Gasteiger partial charge in [0.25, 0.3) is 11.8 Å². The first-order valence-electron chi connectivity index (χ1n) is 14.7. The molecule has 39 heavy (non-hydrogen) atoms. The van der Waals surface area contributed by atoms with Crippen molar-refractivity contribution in [3.05, 3.63) is 29.3 Å². The Kier molecular flexibility index (Phi) is 6.93. The van der Waals surface area contributed by atoms with Crippen LogP contribution in [0.4, 0.5) is 5.69 Å². The van der Waals surface area contributed by atoms with Crippen LogP contribution >= 0.6 is 0 Å². The Morgan fingerprint density at radius 2 is 1.62 bits per heavy atom. The summed E-state index contributed by atoms with van der Waals surface area (Å²) in [7, 11) is 0. The lowest BCUT2D eigenvalue weighted by Crippen LogP contribution is -2.59. The molecule has 0 aromatic heterocycles. The molecule has 208 valence electrons. The predicted molar refractivity (Wildman–Crippen MR) is 144 cm³/mol. The number of unbranched alkanes of at least 4 members (excludes halogenated alkanes) is 3. The topological polar surface area (TPSA) is 125 Å². The van der Waals surface area contributed by atoms with Gasteiger partial charge in [0.05, 0.1) is 11.1 Å². The van der Waals surface area contributed by atoms with Crippen LogP contribution in [0.5, 0.6) is 0 Å². The molecule has 4 aliphatic carbocycles. The Morgan fingerprint density at radius 1 is 0.923 bits per heavy atom. The molecule has 1 unspecified atom stereocenters. The van der Waals surface area contributed by atoms with Gasteiger partial charge >= 0.3 is 0 Å². The highest BCUT2D eigenvalue weighted by atomic mass is 16.2. The van der Waals surface area contributed by atoms with E-state index in [4.69, 9.17) is 0 Å². The summed E-state index contributed by atoms with van der Waals surface area (Å²) in [5.41, 5.74) is 1.22. The number of anilines is 1. The molecule has 9 nitrogen and oxygen atoms in total. The van der Waals surface area contributed by atoms with E-state index in [0.717, 1.165) is 48.3 Å². The predicted octanol–water partition coefficient (Wildman–Crippen LogP) is 3.54. The van der Waals surface area contributed by atoms with Gasteiger partial charge in [0.2, 0.25) is 17.7 Å². The number of hydrogen-bond acceptors (Lipinski definition) is 6. The molecule has 2 aliphatic heterocycles. The van der Waals surface area contributed by atoms with Gasteiger partial charge in [-0.2, -0.15) is 0 Å². The highest BCUT2D eigenvalue weighted by Crippen LogP contribution is 2.55. The standard InChI is InChI=1S/C30H38N4O5/c35-24-10-9-23(27(37)32-24)34-28(38)21-6-5-7-22(26(21)29(34)39)31-11-4-2-1-3-8-25(36)33-30-15-18-12-19(16-30)14-20(13-18)17-30/h5-7,18-20,23,31H,1-4,8-17H2,(H,33,36)(H,32,35,37). The molecule has 2 heterocycles. The van der Waals surface area contributed by atoms with Crippen LogP contribution in [-0.2, 0) is 14.4 Å². The monoisotopic (exact) mass is 534 g/mol. The highest BCUT2D eigenvalue weighted by Gasteiger charge is 2.51. The van der Waals surface area contributed by atoms with Crippen LogP contribution in [-0.4, -0.2) is 52.6 Å². The van der Waals surface area contributed by atoms with E-state index in [-0.39, 0.29) is 35.4 Å². The number of nitrogens with one attached hydrogen (secondary N) is 3. The molecule has 4 bridgehead atoms. The van der Waals surface area contributed by atoms with Gasteiger partial charge in [-0.1, -0.05) is 18.9 Å². The molecule has 0 radical (unpaired) electrons. The van der Waals surface area contributed by atoms with Crippen molar-refractivity contribution < 1.29 is 24.0 Å². The first-order valence-corrected chi connectivity index (χ1v) is 14.7. The van der Waals surface area contributed by atoms with Crippen molar-refractivity contribution in [2.24, 2.45) is 17.8 Å². The Morgan fingerprint density at radius 3 is 2.31 bits per heavy atom. The molecule has 5 amide bonds. The number of piperidine rings is 1. The largest absolute Gasteiger partial charge is 0.384 e. The van der Waals surface area contributed by atoms with E-state index < -0.39 is 29.7 Å². The molecular weight excluding hydrogens is 496 g/mol. The van der Waals surface area contributed by atoms with E-state index in [1.54, 1.807) is 18.2 Å². The fraction of sp³-hybridized carbons (Fsp3) is 0.633. The van der Waals surface area contributed by atoms with Crippen molar-refractivity contribution in [2.75, 3.05) is 11.9 Å². The summed E-state index contributed by atoms with van der Waals surface area (Å²) >= 11 is 0. The zero-order valence-corrected chi connectivity index (χ0v) is 22.4. The minimum atomic E-state index is -0.969. The van der Waals surface area contributed by atoms with E-state index in [1.165, 1.54) is 38.5 Å². The normalized spacial score (nSPS) is 30.9. The minimum absolute atomic E-state index is 0.0817. The number of rotatable bonds is 10. The van der Waals surface area contributed by atoms with Crippen LogP contribution in [0, 0.1) is 17.8 Å². The lowest BCUT2D eigenvalue weighted by Gasteiger charge is -2.56. The van der Waals surface area contributed by atoms with E-state index in [2.05, 4.69) is 16.0 Å². The fourth-order valence-electron chi connectivity index (χ4n) is 8.27. The van der Waals surface area contributed by atoms with Crippen LogP contribution in [0.15, 0.2) is 18.2 Å². The fourth-order valence-corrected chi connectivity index (χ4v) is 8.27. The van der Waals surface area contributed by atoms with Crippen molar-refractivity contribution >= 4 is 35.2 Å². The average molecular weight is 535 g/mol. The molecule has 1 aromatic rings. The molecular formula is C30H38N4O5. The number of imide groups is 2. The van der Waals surface area contributed by atoms with Gasteiger partial charge in [-0.05, 0) is 87.7 Å². The lowest BCUT2D eigenvalue weighted by atomic mass is 9.53. The first-order chi connectivity index (χ1) is 18.8. The Bertz CT molecular complexity index is 1170. The number of fused-ring (bicyclic) bond motifs is 1. The van der Waals surface area contributed by atoms with Crippen molar-refractivity contribution in [2.45, 2.75) is 95.1 Å². The second-order valence-corrected chi connectivity index (χ2v) is 12.5. The van der Waals surface area contributed by atoms with Crippen molar-refractivity contribution in [1.29, 1.82) is 0 Å². The molecule has 6 aliphatic rings. The molecule has 5 fully saturated rings. The van der Waals surface area contributed by atoms with Gasteiger partial charge in [-0.15, -0.1) is 0 Å². The van der Waals surface area contributed by atoms with E-state index in [9.17, 15) is 24.0 Å². The van der Waals surface area contributed by atoms with Gasteiger partial charge in [-0.25, -0.2) is 0 Å². The number of carbonyl (C=O) groups is 5. The summed E-state index contributed by atoms with van der Waals surface area (Å²) in [6.07, 6.45) is 12.1. The molecule has 1 aromatic carbocycles. The first kappa shape index (κ1) is 26.0. The molecule has 3 N–H and O–H groups in total. The maximum atomic E-state index is 13.2. The smallest absolute Gasteiger partial charge is 0.264 e. The number of benzene rings is 1. The summed E-state index contributed by atoms with van der Waals surface area (Å²) in [5, 5.41) is 8.97. The van der Waals surface area contributed by atoms with Crippen molar-refractivity contribution in [3.63, 3.8) is 0 Å². The van der Waals surface area contributed by atoms with Crippen molar-refractivity contribution in [1.82, 2.24) is 15.5 Å². The second kappa shape index (κ2) is 10.4. The third kappa shape index (κ3) is 5.08. The van der Waals surface area contributed by atoms with Crippen LogP contribution < -0.4 is 16.0 Å². The van der Waals surface area contributed by atoms with Crippen LogP contribution in [0.1, 0.15) is 104 Å². The van der Waals surface area contributed by atoms with Gasteiger partial charge in [0.1, 0.15) is 6.04 Å². The number of carbonyl (C=O) groups excluding carboxylic acids is 5. The molecule has 9 heteroatoms.